The van der Waals surface area contributed by atoms with E-state index in [4.69, 9.17) is 9.47 Å². The van der Waals surface area contributed by atoms with Gasteiger partial charge in [0.25, 0.3) is 0 Å². The van der Waals surface area contributed by atoms with E-state index in [1.807, 2.05) is 19.1 Å². The maximum atomic E-state index is 12.1. The summed E-state index contributed by atoms with van der Waals surface area (Å²) in [7, 11) is 0. The molecule has 0 radical (unpaired) electrons. The summed E-state index contributed by atoms with van der Waals surface area (Å²) in [6, 6.07) is 3.78. The molecule has 0 unspecified atom stereocenters. The van der Waals surface area contributed by atoms with Gasteiger partial charge >= 0.3 is 0 Å². The lowest BCUT2D eigenvalue weighted by Gasteiger charge is -2.26. The highest BCUT2D eigenvalue weighted by molar-refractivity contribution is 5.88. The Balaban J connectivity index is 1.81. The van der Waals surface area contributed by atoms with Gasteiger partial charge in [-0.3, -0.25) is 9.69 Å². The van der Waals surface area contributed by atoms with Crippen LogP contribution in [0, 0.1) is 0 Å². The average Bonchev–Trinajstić information content (AvgIpc) is 2.62. The minimum Gasteiger partial charge on any atom is -0.477 e. The number of nitrogens with one attached hydrogen (secondary N) is 1. The number of unbranched alkanes of at least 4 members (excludes halogenated alkanes) is 1. The van der Waals surface area contributed by atoms with Crippen molar-refractivity contribution in [3.05, 3.63) is 35.5 Å². The molecule has 25 heavy (non-hydrogen) atoms. The molecule has 6 nitrogen and oxygen atoms in total. The number of pyridine rings is 1. The summed E-state index contributed by atoms with van der Waals surface area (Å²) in [5, 5.41) is 2.92. The molecule has 1 aromatic rings. The molecule has 1 aromatic heterocycles. The molecule has 1 saturated heterocycles. The Bertz CT molecular complexity index is 569. The molecule has 1 aliphatic heterocycles. The Morgan fingerprint density at radius 2 is 2.24 bits per heavy atom. The SMILES string of the molecule is CCCCOc1ncccc1CNC(=O)/C=C(\C)CN1CCOCC1. The molecule has 1 N–H and O–H groups in total. The fourth-order valence-electron chi connectivity index (χ4n) is 2.62. The zero-order valence-electron chi connectivity index (χ0n) is 15.3. The summed E-state index contributed by atoms with van der Waals surface area (Å²) in [5.74, 6) is 0.513. The first-order valence-electron chi connectivity index (χ1n) is 9.01. The standard InChI is InChI=1S/C19H29N3O3/c1-3-4-10-25-19-17(6-5-7-20-19)14-21-18(23)13-16(2)15-22-8-11-24-12-9-22/h5-7,13H,3-4,8-12,14-15H2,1-2H3,(H,21,23)/b16-13+. The van der Waals surface area contributed by atoms with Gasteiger partial charge in [-0.1, -0.05) is 25.0 Å². The maximum Gasteiger partial charge on any atom is 0.244 e. The third kappa shape index (κ3) is 7.23. The van der Waals surface area contributed by atoms with Crippen molar-refractivity contribution in [3.63, 3.8) is 0 Å². The van der Waals surface area contributed by atoms with Gasteiger partial charge in [-0.25, -0.2) is 4.98 Å². The minimum atomic E-state index is -0.0888. The van der Waals surface area contributed by atoms with Crippen LogP contribution in [-0.4, -0.2) is 55.2 Å². The van der Waals surface area contributed by atoms with Gasteiger partial charge in [-0.15, -0.1) is 0 Å². The van der Waals surface area contributed by atoms with Gasteiger partial charge in [0.05, 0.1) is 19.8 Å². The Morgan fingerprint density at radius 3 is 3.00 bits per heavy atom. The Kier molecular flexibility index (Phi) is 8.42. The lowest BCUT2D eigenvalue weighted by atomic mass is 10.2. The third-order valence-corrected chi connectivity index (χ3v) is 3.99. The largest absolute Gasteiger partial charge is 0.477 e. The highest BCUT2D eigenvalue weighted by atomic mass is 16.5. The highest BCUT2D eigenvalue weighted by Crippen LogP contribution is 2.14. The molecule has 1 aliphatic rings. The van der Waals surface area contributed by atoms with E-state index in [0.717, 1.165) is 56.8 Å². The smallest absolute Gasteiger partial charge is 0.244 e. The van der Waals surface area contributed by atoms with Crippen molar-refractivity contribution in [3.8, 4) is 5.88 Å². The summed E-state index contributed by atoms with van der Waals surface area (Å²) < 4.78 is 11.0. The quantitative estimate of drug-likeness (QED) is 0.548. The summed E-state index contributed by atoms with van der Waals surface area (Å²) in [6.07, 6.45) is 5.44. The van der Waals surface area contributed by atoms with Crippen LogP contribution in [0.4, 0.5) is 0 Å². The van der Waals surface area contributed by atoms with Gasteiger partial charge in [-0.05, 0) is 19.4 Å². The zero-order valence-corrected chi connectivity index (χ0v) is 15.3. The fourth-order valence-corrected chi connectivity index (χ4v) is 2.62. The normalized spacial score (nSPS) is 15.8. The molecule has 2 heterocycles. The van der Waals surface area contributed by atoms with Crippen LogP contribution in [0.15, 0.2) is 30.0 Å². The molecular formula is C19H29N3O3. The molecule has 0 atom stereocenters. The second kappa shape index (κ2) is 10.8. The van der Waals surface area contributed by atoms with E-state index in [9.17, 15) is 4.79 Å². The second-order valence-corrected chi connectivity index (χ2v) is 6.27. The van der Waals surface area contributed by atoms with Crippen LogP contribution >= 0.6 is 0 Å². The van der Waals surface area contributed by atoms with Crippen LogP contribution in [0.2, 0.25) is 0 Å². The van der Waals surface area contributed by atoms with Gasteiger partial charge in [0.2, 0.25) is 11.8 Å². The van der Waals surface area contributed by atoms with E-state index >= 15 is 0 Å². The molecule has 0 bridgehead atoms. The van der Waals surface area contributed by atoms with E-state index in [1.54, 1.807) is 12.3 Å². The first kappa shape index (κ1) is 19.4. The molecule has 6 heteroatoms. The molecular weight excluding hydrogens is 318 g/mol. The predicted molar refractivity (Wildman–Crippen MR) is 97.5 cm³/mol. The molecule has 0 saturated carbocycles. The number of nitrogens with zero attached hydrogens (tertiary/aromatic N) is 2. The van der Waals surface area contributed by atoms with E-state index < -0.39 is 0 Å². The van der Waals surface area contributed by atoms with Crippen molar-refractivity contribution in [2.45, 2.75) is 33.2 Å². The molecule has 1 amide bonds. The molecule has 0 aliphatic carbocycles. The number of rotatable bonds is 9. The molecule has 0 spiro atoms. The topological polar surface area (TPSA) is 63.7 Å². The monoisotopic (exact) mass is 347 g/mol. The van der Waals surface area contributed by atoms with Crippen molar-refractivity contribution in [2.75, 3.05) is 39.5 Å². The van der Waals surface area contributed by atoms with Gasteiger partial charge in [0, 0.05) is 44.0 Å². The molecule has 2 rings (SSSR count). The molecule has 1 fully saturated rings. The number of amides is 1. The average molecular weight is 347 g/mol. The fraction of sp³-hybridized carbons (Fsp3) is 0.579. The van der Waals surface area contributed by atoms with E-state index in [2.05, 4.69) is 22.1 Å². The Labute approximate surface area is 150 Å². The van der Waals surface area contributed by atoms with Crippen molar-refractivity contribution in [1.29, 1.82) is 0 Å². The first-order chi connectivity index (χ1) is 12.2. The van der Waals surface area contributed by atoms with E-state index in [1.165, 1.54) is 0 Å². The van der Waals surface area contributed by atoms with Crippen molar-refractivity contribution >= 4 is 5.91 Å². The molecule has 0 aromatic carbocycles. The Hall–Kier alpha value is -1.92. The van der Waals surface area contributed by atoms with Crippen molar-refractivity contribution < 1.29 is 14.3 Å². The van der Waals surface area contributed by atoms with E-state index in [0.29, 0.717) is 19.0 Å². The predicted octanol–water partition coefficient (Wildman–Crippen LogP) is 2.16. The van der Waals surface area contributed by atoms with Crippen LogP contribution in [0.5, 0.6) is 5.88 Å². The lowest BCUT2D eigenvalue weighted by molar-refractivity contribution is -0.116. The zero-order chi connectivity index (χ0) is 17.9. The van der Waals surface area contributed by atoms with Crippen molar-refractivity contribution in [2.24, 2.45) is 0 Å². The summed E-state index contributed by atoms with van der Waals surface area (Å²) >= 11 is 0. The minimum absolute atomic E-state index is 0.0888. The first-order valence-corrected chi connectivity index (χ1v) is 9.01. The third-order valence-electron chi connectivity index (χ3n) is 3.99. The van der Waals surface area contributed by atoms with Gasteiger partial charge in [0.1, 0.15) is 0 Å². The number of hydrogen-bond acceptors (Lipinski definition) is 5. The highest BCUT2D eigenvalue weighted by Gasteiger charge is 2.11. The maximum absolute atomic E-state index is 12.1. The summed E-state index contributed by atoms with van der Waals surface area (Å²) in [5.41, 5.74) is 1.94. The Morgan fingerprint density at radius 1 is 1.44 bits per heavy atom. The molecule has 138 valence electrons. The van der Waals surface area contributed by atoms with Crippen LogP contribution in [0.3, 0.4) is 0 Å². The van der Waals surface area contributed by atoms with Crippen LogP contribution in [0.25, 0.3) is 0 Å². The van der Waals surface area contributed by atoms with Crippen LogP contribution < -0.4 is 10.1 Å². The van der Waals surface area contributed by atoms with Gasteiger partial charge in [-0.2, -0.15) is 0 Å². The van der Waals surface area contributed by atoms with Gasteiger partial charge in [0.15, 0.2) is 0 Å². The van der Waals surface area contributed by atoms with Crippen LogP contribution in [0.1, 0.15) is 32.3 Å². The van der Waals surface area contributed by atoms with Gasteiger partial charge < -0.3 is 14.8 Å². The second-order valence-electron chi connectivity index (χ2n) is 6.27. The number of morpholine rings is 1. The number of aromatic nitrogens is 1. The number of carbonyl (C=O) groups is 1. The number of carbonyl (C=O) groups excluding carboxylic acids is 1. The summed E-state index contributed by atoms with van der Waals surface area (Å²) in [6.45, 7) is 9.33. The number of ether oxygens (including phenoxy) is 2. The van der Waals surface area contributed by atoms with E-state index in [-0.39, 0.29) is 5.91 Å². The summed E-state index contributed by atoms with van der Waals surface area (Å²) in [4.78, 5) is 18.7. The van der Waals surface area contributed by atoms with Crippen LogP contribution in [-0.2, 0) is 16.1 Å². The number of hydrogen-bond donors (Lipinski definition) is 1. The lowest BCUT2D eigenvalue weighted by Crippen LogP contribution is -2.37. The van der Waals surface area contributed by atoms with Crippen molar-refractivity contribution in [1.82, 2.24) is 15.2 Å².